The van der Waals surface area contributed by atoms with Gasteiger partial charge in [0.05, 0.1) is 12.2 Å². The van der Waals surface area contributed by atoms with Crippen LogP contribution in [0.5, 0.6) is 0 Å². The van der Waals surface area contributed by atoms with Crippen molar-refractivity contribution >= 4 is 22.8 Å². The summed E-state index contributed by atoms with van der Waals surface area (Å²) in [6.07, 6.45) is 5.11. The summed E-state index contributed by atoms with van der Waals surface area (Å²) in [4.78, 5) is 37.8. The SMILES string of the molecule is CCn1c(-c2cnc(C)nc2)nc2c(-c3ccc4c(c3)[C@@](C)(N(C)CCOC)C(=O)N4)ncnc21. The van der Waals surface area contributed by atoms with Gasteiger partial charge in [0.2, 0.25) is 5.91 Å². The number of methoxy groups -OCH3 is 1. The Kier molecular flexibility index (Phi) is 5.78. The van der Waals surface area contributed by atoms with Crippen molar-refractivity contribution in [2.24, 2.45) is 0 Å². The Morgan fingerprint density at radius 3 is 2.63 bits per heavy atom. The Labute approximate surface area is 203 Å². The second-order valence-corrected chi connectivity index (χ2v) is 8.79. The van der Waals surface area contributed by atoms with Crippen molar-refractivity contribution in [2.45, 2.75) is 32.9 Å². The summed E-state index contributed by atoms with van der Waals surface area (Å²) in [5.74, 6) is 1.38. The van der Waals surface area contributed by atoms with Crippen LogP contribution in [0, 0.1) is 6.92 Å². The molecule has 1 aromatic carbocycles. The summed E-state index contributed by atoms with van der Waals surface area (Å²) >= 11 is 0. The average molecular weight is 473 g/mol. The highest BCUT2D eigenvalue weighted by Crippen LogP contribution is 2.42. The monoisotopic (exact) mass is 472 g/mol. The first kappa shape index (κ1) is 23.0. The van der Waals surface area contributed by atoms with E-state index in [1.54, 1.807) is 25.8 Å². The van der Waals surface area contributed by atoms with Gasteiger partial charge in [0, 0.05) is 49.4 Å². The number of aryl methyl sites for hydroxylation is 2. The number of rotatable bonds is 7. The van der Waals surface area contributed by atoms with Gasteiger partial charge in [-0.25, -0.2) is 24.9 Å². The van der Waals surface area contributed by atoms with E-state index >= 15 is 0 Å². The lowest BCUT2D eigenvalue weighted by Crippen LogP contribution is -2.47. The molecular weight excluding hydrogens is 444 g/mol. The number of hydrogen-bond acceptors (Lipinski definition) is 8. The average Bonchev–Trinajstić information content (AvgIpc) is 3.37. The third kappa shape index (κ3) is 3.65. The van der Waals surface area contributed by atoms with Crippen molar-refractivity contribution in [3.63, 3.8) is 0 Å². The van der Waals surface area contributed by atoms with Crippen molar-refractivity contribution in [3.05, 3.63) is 48.3 Å². The van der Waals surface area contributed by atoms with Crippen LogP contribution >= 0.6 is 0 Å². The molecule has 4 aromatic rings. The number of carbonyl (C=O) groups is 1. The minimum Gasteiger partial charge on any atom is -0.383 e. The minimum absolute atomic E-state index is 0.0620. The Hall–Kier alpha value is -3.76. The van der Waals surface area contributed by atoms with E-state index in [1.165, 1.54) is 0 Å². The van der Waals surface area contributed by atoms with Crippen molar-refractivity contribution in [1.29, 1.82) is 0 Å². The largest absolute Gasteiger partial charge is 0.383 e. The number of benzene rings is 1. The van der Waals surface area contributed by atoms with Crippen molar-refractivity contribution in [2.75, 3.05) is 32.6 Å². The van der Waals surface area contributed by atoms with Gasteiger partial charge in [0.25, 0.3) is 0 Å². The van der Waals surface area contributed by atoms with Crippen LogP contribution < -0.4 is 5.32 Å². The standard InChI is InChI=1S/C25H28N8O2/c1-6-33-22(17-12-26-15(2)27-13-17)31-21-20(28-14-29-23(21)33)16-7-8-19-18(11-16)25(3,24(34)30-19)32(4)9-10-35-5/h7-8,11-14H,6,9-10H2,1-5H3,(H,30,34)/t25-/m1/s1. The summed E-state index contributed by atoms with van der Waals surface area (Å²) in [7, 11) is 3.59. The van der Waals surface area contributed by atoms with E-state index < -0.39 is 5.54 Å². The zero-order chi connectivity index (χ0) is 24.7. The first-order valence-corrected chi connectivity index (χ1v) is 11.5. The number of amides is 1. The van der Waals surface area contributed by atoms with Crippen LogP contribution in [0.3, 0.4) is 0 Å². The van der Waals surface area contributed by atoms with E-state index in [4.69, 9.17) is 9.72 Å². The molecule has 0 spiro atoms. The summed E-state index contributed by atoms with van der Waals surface area (Å²) in [5.41, 5.74) is 4.69. The van der Waals surface area contributed by atoms with Crippen LogP contribution in [0.4, 0.5) is 5.69 Å². The highest BCUT2D eigenvalue weighted by molar-refractivity contribution is 6.06. The quantitative estimate of drug-likeness (QED) is 0.437. The van der Waals surface area contributed by atoms with Gasteiger partial charge in [-0.1, -0.05) is 6.07 Å². The predicted molar refractivity (Wildman–Crippen MR) is 133 cm³/mol. The van der Waals surface area contributed by atoms with Gasteiger partial charge in [-0.2, -0.15) is 0 Å². The fraction of sp³-hybridized carbons (Fsp3) is 0.360. The highest BCUT2D eigenvalue weighted by Gasteiger charge is 2.46. The van der Waals surface area contributed by atoms with E-state index in [1.807, 2.05) is 48.6 Å². The first-order valence-electron chi connectivity index (χ1n) is 11.5. The lowest BCUT2D eigenvalue weighted by Gasteiger charge is -2.33. The lowest BCUT2D eigenvalue weighted by atomic mass is 9.90. The number of carbonyl (C=O) groups excluding carboxylic acids is 1. The Bertz CT molecular complexity index is 1420. The molecular formula is C25H28N8O2. The Morgan fingerprint density at radius 2 is 1.91 bits per heavy atom. The minimum atomic E-state index is -0.830. The van der Waals surface area contributed by atoms with E-state index in [9.17, 15) is 4.79 Å². The van der Waals surface area contributed by atoms with Crippen molar-refractivity contribution in [3.8, 4) is 22.6 Å². The molecule has 180 valence electrons. The Morgan fingerprint density at radius 1 is 1.14 bits per heavy atom. The number of hydrogen-bond donors (Lipinski definition) is 1. The van der Waals surface area contributed by atoms with Gasteiger partial charge >= 0.3 is 0 Å². The number of ether oxygens (including phenoxy) is 1. The number of fused-ring (bicyclic) bond motifs is 2. The van der Waals surface area contributed by atoms with Crippen molar-refractivity contribution in [1.82, 2.24) is 34.4 Å². The second-order valence-electron chi connectivity index (χ2n) is 8.79. The van der Waals surface area contributed by atoms with E-state index in [-0.39, 0.29) is 5.91 Å². The topological polar surface area (TPSA) is 111 Å². The molecule has 35 heavy (non-hydrogen) atoms. The van der Waals surface area contributed by atoms with Crippen LogP contribution in [0.1, 0.15) is 25.2 Å². The van der Waals surface area contributed by atoms with Crippen LogP contribution in [0.25, 0.3) is 33.8 Å². The molecule has 1 aliphatic rings. The molecule has 1 amide bonds. The summed E-state index contributed by atoms with van der Waals surface area (Å²) in [6, 6.07) is 5.91. The first-order chi connectivity index (χ1) is 16.9. The van der Waals surface area contributed by atoms with Gasteiger partial charge in [0.1, 0.15) is 34.7 Å². The second kappa shape index (κ2) is 8.79. The van der Waals surface area contributed by atoms with Gasteiger partial charge in [-0.15, -0.1) is 0 Å². The molecule has 1 atom stereocenters. The summed E-state index contributed by atoms with van der Waals surface area (Å²) in [6.45, 7) is 7.66. The summed E-state index contributed by atoms with van der Waals surface area (Å²) in [5, 5.41) is 3.02. The maximum atomic E-state index is 13.0. The smallest absolute Gasteiger partial charge is 0.249 e. The molecule has 1 N–H and O–H groups in total. The maximum absolute atomic E-state index is 13.0. The fourth-order valence-corrected chi connectivity index (χ4v) is 4.58. The normalized spacial score (nSPS) is 17.3. The molecule has 10 nitrogen and oxygen atoms in total. The zero-order valence-corrected chi connectivity index (χ0v) is 20.5. The van der Waals surface area contributed by atoms with Crippen molar-refractivity contribution < 1.29 is 9.53 Å². The molecule has 10 heteroatoms. The van der Waals surface area contributed by atoms with E-state index in [2.05, 4.69) is 32.2 Å². The number of nitrogens with zero attached hydrogens (tertiary/aromatic N) is 7. The van der Waals surface area contributed by atoms with Gasteiger partial charge in [-0.05, 0) is 40.0 Å². The molecule has 0 saturated carbocycles. The zero-order valence-electron chi connectivity index (χ0n) is 20.5. The van der Waals surface area contributed by atoms with Gasteiger partial charge in [0.15, 0.2) is 5.65 Å². The number of imidazole rings is 1. The van der Waals surface area contributed by atoms with Crippen LogP contribution in [-0.4, -0.2) is 67.6 Å². The van der Waals surface area contributed by atoms with Crippen LogP contribution in [-0.2, 0) is 21.6 Å². The molecule has 5 rings (SSSR count). The molecule has 0 bridgehead atoms. The molecule has 4 heterocycles. The molecule has 0 radical (unpaired) electrons. The molecule has 0 saturated heterocycles. The molecule has 1 aliphatic heterocycles. The number of likely N-dealkylation sites (N-methyl/N-ethyl adjacent to an activating group) is 1. The third-order valence-corrected chi connectivity index (χ3v) is 6.79. The van der Waals surface area contributed by atoms with E-state index in [0.29, 0.717) is 36.7 Å². The molecule has 0 unspecified atom stereocenters. The van der Waals surface area contributed by atoms with Gasteiger partial charge in [-0.3, -0.25) is 9.69 Å². The summed E-state index contributed by atoms with van der Waals surface area (Å²) < 4.78 is 7.28. The molecule has 0 fully saturated rings. The number of aromatic nitrogens is 6. The van der Waals surface area contributed by atoms with Crippen LogP contribution in [0.15, 0.2) is 36.9 Å². The highest BCUT2D eigenvalue weighted by atomic mass is 16.5. The maximum Gasteiger partial charge on any atom is 0.249 e. The molecule has 3 aromatic heterocycles. The number of nitrogens with one attached hydrogen (secondary N) is 1. The number of anilines is 1. The Balaban J connectivity index is 1.64. The van der Waals surface area contributed by atoms with Gasteiger partial charge < -0.3 is 14.6 Å². The van der Waals surface area contributed by atoms with Crippen LogP contribution in [0.2, 0.25) is 0 Å². The van der Waals surface area contributed by atoms with E-state index in [0.717, 1.165) is 33.8 Å². The predicted octanol–water partition coefficient (Wildman–Crippen LogP) is 3.02. The third-order valence-electron chi connectivity index (χ3n) is 6.79. The fourth-order valence-electron chi connectivity index (χ4n) is 4.58. The lowest BCUT2D eigenvalue weighted by molar-refractivity contribution is -0.126. The molecule has 0 aliphatic carbocycles.